The number of aromatic amines is 1. The van der Waals surface area contributed by atoms with Crippen LogP contribution >= 0.6 is 0 Å². The normalized spacial score (nSPS) is 12.7. The first kappa shape index (κ1) is 21.5. The van der Waals surface area contributed by atoms with E-state index in [-0.39, 0.29) is 11.5 Å². The smallest absolute Gasteiger partial charge is 0.336 e. The summed E-state index contributed by atoms with van der Waals surface area (Å²) in [7, 11) is 0. The summed E-state index contributed by atoms with van der Waals surface area (Å²) in [4.78, 5) is 29.1. The zero-order valence-corrected chi connectivity index (χ0v) is 18.9. The monoisotopic (exact) mass is 448 g/mol. The van der Waals surface area contributed by atoms with Crippen molar-refractivity contribution in [2.75, 3.05) is 6.54 Å². The number of carbonyl (C=O) groups excluding carboxylic acids is 1. The second kappa shape index (κ2) is 8.92. The van der Waals surface area contributed by atoms with Crippen molar-refractivity contribution < 1.29 is 14.7 Å². The molecule has 168 valence electrons. The van der Waals surface area contributed by atoms with Gasteiger partial charge in [-0.15, -0.1) is 0 Å². The van der Waals surface area contributed by atoms with E-state index in [0.29, 0.717) is 24.1 Å². The second-order valence-corrected chi connectivity index (χ2v) is 8.47. The summed E-state index contributed by atoms with van der Waals surface area (Å²) in [5, 5.41) is 10.9. The second-order valence-electron chi connectivity index (χ2n) is 8.47. The SMILES string of the molecule is CCC(=O)N1CCc2cc(C#Cc3cccc(C(=O)O)c3-c3ccc4cc[nH]c4c3)ccc2C1. The van der Waals surface area contributed by atoms with Gasteiger partial charge in [0.05, 0.1) is 5.56 Å². The molecule has 0 bridgehead atoms. The molecule has 1 aromatic heterocycles. The molecule has 1 aliphatic rings. The maximum absolute atomic E-state index is 12.0. The van der Waals surface area contributed by atoms with E-state index in [9.17, 15) is 14.7 Å². The Morgan fingerprint density at radius 3 is 2.74 bits per heavy atom. The van der Waals surface area contributed by atoms with E-state index in [4.69, 9.17) is 0 Å². The molecule has 0 fully saturated rings. The molecule has 1 amide bonds. The van der Waals surface area contributed by atoms with Crippen LogP contribution in [0.15, 0.2) is 66.9 Å². The number of amides is 1. The topological polar surface area (TPSA) is 73.4 Å². The largest absolute Gasteiger partial charge is 0.478 e. The van der Waals surface area contributed by atoms with Crippen LogP contribution in [0.5, 0.6) is 0 Å². The Labute approximate surface area is 198 Å². The van der Waals surface area contributed by atoms with Gasteiger partial charge in [-0.1, -0.05) is 43.0 Å². The lowest BCUT2D eigenvalue weighted by Crippen LogP contribution is -2.35. The standard InChI is InChI=1S/C29H24N2O3/c1-2-27(32)31-15-13-22-16-19(7-9-24(22)18-31)6-8-21-4-3-5-25(29(33)34)28(21)23-11-10-20-12-14-30-26(20)17-23/h3-5,7,9-12,14,16-17,30H,2,13,15,18H2,1H3,(H,33,34). The number of hydrogen-bond acceptors (Lipinski definition) is 2. The summed E-state index contributed by atoms with van der Waals surface area (Å²) in [5.41, 5.74) is 6.51. The minimum Gasteiger partial charge on any atom is -0.478 e. The van der Waals surface area contributed by atoms with Crippen molar-refractivity contribution in [2.24, 2.45) is 0 Å². The predicted molar refractivity (Wildman–Crippen MR) is 133 cm³/mol. The van der Waals surface area contributed by atoms with Gasteiger partial charge < -0.3 is 15.0 Å². The van der Waals surface area contributed by atoms with E-state index in [1.807, 2.05) is 60.5 Å². The molecule has 0 radical (unpaired) electrons. The van der Waals surface area contributed by atoms with Crippen molar-refractivity contribution in [1.82, 2.24) is 9.88 Å². The van der Waals surface area contributed by atoms with Gasteiger partial charge >= 0.3 is 5.97 Å². The summed E-state index contributed by atoms with van der Waals surface area (Å²) in [6, 6.07) is 19.2. The molecule has 2 N–H and O–H groups in total. The molecule has 0 spiro atoms. The number of carboxylic acids is 1. The van der Waals surface area contributed by atoms with Crippen LogP contribution in [0.4, 0.5) is 0 Å². The van der Waals surface area contributed by atoms with Crippen molar-refractivity contribution in [3.05, 3.63) is 94.7 Å². The molecule has 5 heteroatoms. The summed E-state index contributed by atoms with van der Waals surface area (Å²) >= 11 is 0. The lowest BCUT2D eigenvalue weighted by molar-refractivity contribution is -0.131. The Morgan fingerprint density at radius 2 is 1.91 bits per heavy atom. The van der Waals surface area contributed by atoms with E-state index < -0.39 is 5.97 Å². The Balaban J connectivity index is 1.52. The molecule has 34 heavy (non-hydrogen) atoms. The van der Waals surface area contributed by atoms with Crippen LogP contribution in [0.25, 0.3) is 22.0 Å². The number of carbonyl (C=O) groups is 2. The third kappa shape index (κ3) is 4.06. The van der Waals surface area contributed by atoms with Gasteiger partial charge in [0, 0.05) is 47.9 Å². The van der Waals surface area contributed by atoms with Crippen LogP contribution in [-0.2, 0) is 17.8 Å². The highest BCUT2D eigenvalue weighted by atomic mass is 16.4. The van der Waals surface area contributed by atoms with Crippen LogP contribution in [0.3, 0.4) is 0 Å². The molecule has 5 nitrogen and oxygen atoms in total. The number of nitrogens with one attached hydrogen (secondary N) is 1. The number of fused-ring (bicyclic) bond motifs is 2. The van der Waals surface area contributed by atoms with Gasteiger partial charge in [0.1, 0.15) is 0 Å². The number of rotatable bonds is 3. The Hall–Kier alpha value is -4.30. The number of hydrogen-bond donors (Lipinski definition) is 2. The van der Waals surface area contributed by atoms with E-state index in [1.54, 1.807) is 12.1 Å². The Bertz CT molecular complexity index is 1490. The fraction of sp³-hybridized carbons (Fsp3) is 0.172. The Morgan fingerprint density at radius 1 is 1.03 bits per heavy atom. The first-order valence-corrected chi connectivity index (χ1v) is 11.4. The van der Waals surface area contributed by atoms with Crippen LogP contribution in [0.2, 0.25) is 0 Å². The highest BCUT2D eigenvalue weighted by Crippen LogP contribution is 2.30. The van der Waals surface area contributed by atoms with Crippen molar-refractivity contribution in [2.45, 2.75) is 26.3 Å². The van der Waals surface area contributed by atoms with Gasteiger partial charge in [0.15, 0.2) is 0 Å². The highest BCUT2D eigenvalue weighted by molar-refractivity contribution is 5.99. The number of aromatic nitrogens is 1. The molecule has 0 unspecified atom stereocenters. The van der Waals surface area contributed by atoms with Crippen LogP contribution < -0.4 is 0 Å². The van der Waals surface area contributed by atoms with E-state index in [0.717, 1.165) is 40.6 Å². The zero-order valence-electron chi connectivity index (χ0n) is 18.9. The van der Waals surface area contributed by atoms with Crippen LogP contribution in [-0.4, -0.2) is 33.4 Å². The molecule has 4 aromatic rings. The number of aromatic carboxylic acids is 1. The number of carboxylic acid groups (broad SMARTS) is 1. The molecule has 0 atom stereocenters. The average Bonchev–Trinajstić information content (AvgIpc) is 3.34. The molecule has 0 saturated heterocycles. The minimum atomic E-state index is -0.981. The summed E-state index contributed by atoms with van der Waals surface area (Å²) in [6.07, 6.45) is 3.20. The number of H-pyrrole nitrogens is 1. The van der Waals surface area contributed by atoms with E-state index >= 15 is 0 Å². The third-order valence-electron chi connectivity index (χ3n) is 6.35. The maximum atomic E-state index is 12.0. The number of nitrogens with zero attached hydrogens (tertiary/aromatic N) is 1. The molecule has 3 aromatic carbocycles. The average molecular weight is 449 g/mol. The highest BCUT2D eigenvalue weighted by Gasteiger charge is 2.19. The fourth-order valence-corrected chi connectivity index (χ4v) is 4.56. The van der Waals surface area contributed by atoms with Gasteiger partial charge in [-0.25, -0.2) is 4.79 Å². The van der Waals surface area contributed by atoms with Gasteiger partial charge in [0.2, 0.25) is 5.91 Å². The van der Waals surface area contributed by atoms with Crippen molar-refractivity contribution >= 4 is 22.8 Å². The summed E-state index contributed by atoms with van der Waals surface area (Å²) in [5.74, 6) is 5.65. The maximum Gasteiger partial charge on any atom is 0.336 e. The van der Waals surface area contributed by atoms with Gasteiger partial charge in [-0.2, -0.15) is 0 Å². The third-order valence-corrected chi connectivity index (χ3v) is 6.35. The summed E-state index contributed by atoms with van der Waals surface area (Å²) in [6.45, 7) is 3.25. The van der Waals surface area contributed by atoms with Crippen LogP contribution in [0, 0.1) is 11.8 Å². The predicted octanol–water partition coefficient (Wildman–Crippen LogP) is 5.23. The molecule has 0 saturated carbocycles. The quantitative estimate of drug-likeness (QED) is 0.422. The van der Waals surface area contributed by atoms with E-state index in [2.05, 4.69) is 22.9 Å². The van der Waals surface area contributed by atoms with E-state index in [1.165, 1.54) is 5.56 Å². The first-order valence-electron chi connectivity index (χ1n) is 11.4. The van der Waals surface area contributed by atoms with Crippen LogP contribution in [0.1, 0.15) is 46.0 Å². The zero-order chi connectivity index (χ0) is 23.7. The number of benzene rings is 3. The Kier molecular flexibility index (Phi) is 5.65. The van der Waals surface area contributed by atoms with Gasteiger partial charge in [0.25, 0.3) is 0 Å². The molecule has 5 rings (SSSR count). The fourth-order valence-electron chi connectivity index (χ4n) is 4.56. The summed E-state index contributed by atoms with van der Waals surface area (Å²) < 4.78 is 0. The molecular formula is C29H24N2O3. The van der Waals surface area contributed by atoms with Crippen molar-refractivity contribution in [3.63, 3.8) is 0 Å². The van der Waals surface area contributed by atoms with Gasteiger partial charge in [-0.3, -0.25) is 4.79 Å². The van der Waals surface area contributed by atoms with Crippen molar-refractivity contribution in [1.29, 1.82) is 0 Å². The first-order chi connectivity index (χ1) is 16.5. The van der Waals surface area contributed by atoms with Crippen molar-refractivity contribution in [3.8, 4) is 23.0 Å². The molecule has 1 aliphatic heterocycles. The minimum absolute atomic E-state index is 0.179. The molecular weight excluding hydrogens is 424 g/mol. The lowest BCUT2D eigenvalue weighted by atomic mass is 9.93. The molecule has 2 heterocycles. The molecule has 0 aliphatic carbocycles. The lowest BCUT2D eigenvalue weighted by Gasteiger charge is -2.28. The van der Waals surface area contributed by atoms with Gasteiger partial charge in [-0.05, 0) is 64.9 Å².